The van der Waals surface area contributed by atoms with Gasteiger partial charge >= 0.3 is 5.97 Å². The number of rotatable bonds is 1. The van der Waals surface area contributed by atoms with Gasteiger partial charge in [0.15, 0.2) is 0 Å². The number of aliphatic carboxylic acids is 1. The topological polar surface area (TPSA) is 61.1 Å². The van der Waals surface area contributed by atoms with E-state index < -0.39 is 5.97 Å². The Hall–Kier alpha value is -1.30. The highest BCUT2D eigenvalue weighted by Crippen LogP contribution is 2.36. The number of hydrogen-bond acceptors (Lipinski definition) is 2. The molecule has 3 nitrogen and oxygen atoms in total. The van der Waals surface area contributed by atoms with Gasteiger partial charge in [-0.05, 0) is 30.3 Å². The Morgan fingerprint density at radius 2 is 1.92 bits per heavy atom. The van der Waals surface area contributed by atoms with Crippen molar-refractivity contribution in [3.05, 3.63) is 11.1 Å². The lowest BCUT2D eigenvalue weighted by atomic mass is 10.0. The molecule has 3 heteroatoms. The second-order valence-corrected chi connectivity index (χ2v) is 3.76. The molecule has 2 unspecified atom stereocenters. The summed E-state index contributed by atoms with van der Waals surface area (Å²) in [6.07, 6.45) is 1.52. The second kappa shape index (κ2) is 3.61. The second-order valence-electron chi connectivity index (χ2n) is 3.76. The Balaban J connectivity index is 2.94. The van der Waals surface area contributed by atoms with Gasteiger partial charge in [0.25, 0.3) is 0 Å². The van der Waals surface area contributed by atoms with E-state index in [9.17, 15) is 4.79 Å². The number of carbonyl (C=O) groups is 1. The zero-order valence-corrected chi connectivity index (χ0v) is 7.87. The van der Waals surface area contributed by atoms with Gasteiger partial charge in [-0.15, -0.1) is 0 Å². The van der Waals surface area contributed by atoms with E-state index in [-0.39, 0.29) is 5.57 Å². The zero-order chi connectivity index (χ0) is 10.0. The highest BCUT2D eigenvalue weighted by molar-refractivity contribution is 5.92. The number of carboxylic acids is 1. The molecule has 13 heavy (non-hydrogen) atoms. The van der Waals surface area contributed by atoms with E-state index in [2.05, 4.69) is 13.8 Å². The van der Waals surface area contributed by atoms with Crippen molar-refractivity contribution in [2.45, 2.75) is 26.7 Å². The molecule has 0 aliphatic heterocycles. The molecule has 0 aromatic carbocycles. The standard InChI is InChI=1S/C10H13NO2/c1-6-3-8(4-7(6)2)9(5-11)10(12)13/h6-7H,3-4H2,1-2H3,(H,12,13). The maximum Gasteiger partial charge on any atom is 0.346 e. The first-order valence-corrected chi connectivity index (χ1v) is 4.41. The fraction of sp³-hybridized carbons (Fsp3) is 0.600. The monoisotopic (exact) mass is 179 g/mol. The lowest BCUT2D eigenvalue weighted by molar-refractivity contribution is -0.132. The summed E-state index contributed by atoms with van der Waals surface area (Å²) >= 11 is 0. The summed E-state index contributed by atoms with van der Waals surface area (Å²) < 4.78 is 0. The smallest absolute Gasteiger partial charge is 0.346 e. The highest BCUT2D eigenvalue weighted by Gasteiger charge is 2.27. The number of nitriles is 1. The Labute approximate surface area is 77.7 Å². The maximum absolute atomic E-state index is 10.7. The summed E-state index contributed by atoms with van der Waals surface area (Å²) in [4.78, 5) is 10.7. The van der Waals surface area contributed by atoms with Crippen LogP contribution in [0.25, 0.3) is 0 Å². The Morgan fingerprint density at radius 1 is 1.46 bits per heavy atom. The van der Waals surface area contributed by atoms with Crippen molar-refractivity contribution in [1.29, 1.82) is 5.26 Å². The number of nitrogens with zero attached hydrogens (tertiary/aromatic N) is 1. The number of carboxylic acid groups (broad SMARTS) is 1. The molecule has 1 N–H and O–H groups in total. The van der Waals surface area contributed by atoms with Gasteiger partial charge in [0.2, 0.25) is 0 Å². The molecule has 0 amide bonds. The lowest BCUT2D eigenvalue weighted by Gasteiger charge is -2.04. The van der Waals surface area contributed by atoms with Gasteiger partial charge in [0.1, 0.15) is 11.6 Å². The van der Waals surface area contributed by atoms with Crippen molar-refractivity contribution < 1.29 is 9.90 Å². The largest absolute Gasteiger partial charge is 0.477 e. The van der Waals surface area contributed by atoms with Crippen LogP contribution in [0.1, 0.15) is 26.7 Å². The molecule has 0 saturated heterocycles. The molecule has 1 fully saturated rings. The molecule has 1 aliphatic rings. The molecular formula is C10H13NO2. The van der Waals surface area contributed by atoms with Gasteiger partial charge in [-0.1, -0.05) is 13.8 Å². The van der Waals surface area contributed by atoms with Crippen LogP contribution in [0, 0.1) is 23.2 Å². The van der Waals surface area contributed by atoms with Gasteiger partial charge in [-0.3, -0.25) is 0 Å². The van der Waals surface area contributed by atoms with Gasteiger partial charge in [-0.25, -0.2) is 4.79 Å². The highest BCUT2D eigenvalue weighted by atomic mass is 16.4. The van der Waals surface area contributed by atoms with Crippen LogP contribution in [0.2, 0.25) is 0 Å². The van der Waals surface area contributed by atoms with Gasteiger partial charge < -0.3 is 5.11 Å². The quantitative estimate of drug-likeness (QED) is 0.494. The summed E-state index contributed by atoms with van der Waals surface area (Å²) in [5.41, 5.74) is 0.770. The Bertz CT molecular complexity index is 287. The predicted molar refractivity (Wildman–Crippen MR) is 47.8 cm³/mol. The Morgan fingerprint density at radius 3 is 2.23 bits per heavy atom. The van der Waals surface area contributed by atoms with E-state index >= 15 is 0 Å². The summed E-state index contributed by atoms with van der Waals surface area (Å²) in [5.74, 6) is -0.0887. The van der Waals surface area contributed by atoms with Crippen LogP contribution in [-0.4, -0.2) is 11.1 Å². The Kier molecular flexibility index (Phi) is 2.72. The lowest BCUT2D eigenvalue weighted by Crippen LogP contribution is -2.01. The van der Waals surface area contributed by atoms with Crippen LogP contribution >= 0.6 is 0 Å². The van der Waals surface area contributed by atoms with E-state index in [0.29, 0.717) is 11.8 Å². The van der Waals surface area contributed by atoms with Crippen LogP contribution in [-0.2, 0) is 4.79 Å². The van der Waals surface area contributed by atoms with E-state index in [1.165, 1.54) is 0 Å². The van der Waals surface area contributed by atoms with Crippen LogP contribution in [0.15, 0.2) is 11.1 Å². The molecule has 2 atom stereocenters. The van der Waals surface area contributed by atoms with E-state index in [0.717, 1.165) is 18.4 Å². The fourth-order valence-electron chi connectivity index (χ4n) is 1.75. The average molecular weight is 179 g/mol. The SMILES string of the molecule is CC1CC(=C(C#N)C(=O)O)CC1C. The summed E-state index contributed by atoms with van der Waals surface area (Å²) in [5, 5.41) is 17.4. The molecule has 0 aromatic heterocycles. The van der Waals surface area contributed by atoms with Crippen molar-refractivity contribution >= 4 is 5.97 Å². The first-order chi connectivity index (χ1) is 6.06. The van der Waals surface area contributed by atoms with E-state index in [1.807, 2.05) is 0 Å². The van der Waals surface area contributed by atoms with Crippen LogP contribution in [0.4, 0.5) is 0 Å². The van der Waals surface area contributed by atoms with Crippen LogP contribution in [0.5, 0.6) is 0 Å². The summed E-state index contributed by atoms with van der Waals surface area (Å²) in [7, 11) is 0. The molecule has 0 heterocycles. The molecule has 0 spiro atoms. The van der Waals surface area contributed by atoms with Gasteiger partial charge in [0, 0.05) is 0 Å². The molecular weight excluding hydrogens is 166 g/mol. The first kappa shape index (κ1) is 9.79. The predicted octanol–water partition coefficient (Wildman–Crippen LogP) is 1.96. The first-order valence-electron chi connectivity index (χ1n) is 4.41. The molecule has 1 aliphatic carbocycles. The third-order valence-electron chi connectivity index (χ3n) is 2.79. The zero-order valence-electron chi connectivity index (χ0n) is 7.87. The third-order valence-corrected chi connectivity index (χ3v) is 2.79. The number of hydrogen-bond donors (Lipinski definition) is 1. The minimum atomic E-state index is -1.08. The molecule has 70 valence electrons. The van der Waals surface area contributed by atoms with Crippen molar-refractivity contribution in [1.82, 2.24) is 0 Å². The van der Waals surface area contributed by atoms with Crippen LogP contribution < -0.4 is 0 Å². The summed E-state index contributed by atoms with van der Waals surface area (Å²) in [6, 6.07) is 1.76. The average Bonchev–Trinajstić information content (AvgIpc) is 2.32. The van der Waals surface area contributed by atoms with E-state index in [4.69, 9.17) is 10.4 Å². The molecule has 0 radical (unpaired) electrons. The van der Waals surface area contributed by atoms with Crippen molar-refractivity contribution in [2.75, 3.05) is 0 Å². The molecule has 0 aromatic rings. The number of allylic oxidation sites excluding steroid dienone is 1. The third kappa shape index (κ3) is 1.89. The van der Waals surface area contributed by atoms with Crippen molar-refractivity contribution in [2.24, 2.45) is 11.8 Å². The van der Waals surface area contributed by atoms with Gasteiger partial charge in [0.05, 0.1) is 0 Å². The van der Waals surface area contributed by atoms with Crippen molar-refractivity contribution in [3.8, 4) is 6.07 Å². The maximum atomic E-state index is 10.7. The van der Waals surface area contributed by atoms with E-state index in [1.54, 1.807) is 6.07 Å². The minimum Gasteiger partial charge on any atom is -0.477 e. The summed E-state index contributed by atoms with van der Waals surface area (Å²) in [6.45, 7) is 4.18. The van der Waals surface area contributed by atoms with Crippen molar-refractivity contribution in [3.63, 3.8) is 0 Å². The molecule has 0 bridgehead atoms. The van der Waals surface area contributed by atoms with Gasteiger partial charge in [-0.2, -0.15) is 5.26 Å². The fourth-order valence-corrected chi connectivity index (χ4v) is 1.75. The minimum absolute atomic E-state index is 0.0452. The molecule has 1 saturated carbocycles. The normalized spacial score (nSPS) is 27.0. The van der Waals surface area contributed by atoms with Crippen LogP contribution in [0.3, 0.4) is 0 Å². The molecule has 1 rings (SSSR count).